The molecule has 0 amide bonds. The van der Waals surface area contributed by atoms with Gasteiger partial charge in [-0.1, -0.05) is 12.1 Å². The smallest absolute Gasteiger partial charge is 0.251 e. The molecule has 1 aromatic heterocycles. The van der Waals surface area contributed by atoms with Crippen molar-refractivity contribution in [3.8, 4) is 17.1 Å². The Morgan fingerprint density at radius 3 is 2.89 bits per heavy atom. The van der Waals surface area contributed by atoms with Crippen LogP contribution in [0.3, 0.4) is 0 Å². The summed E-state index contributed by atoms with van der Waals surface area (Å²) in [6, 6.07) is 8.93. The Kier molecular flexibility index (Phi) is 3.74. The first-order valence-electron chi connectivity index (χ1n) is 5.63. The summed E-state index contributed by atoms with van der Waals surface area (Å²) in [4.78, 5) is 18.7. The Bertz CT molecular complexity index is 593. The number of aromatic amines is 1. The Labute approximate surface area is 105 Å². The Morgan fingerprint density at radius 2 is 2.17 bits per heavy atom. The van der Waals surface area contributed by atoms with Crippen molar-refractivity contribution in [1.29, 1.82) is 0 Å². The van der Waals surface area contributed by atoms with Gasteiger partial charge in [0.1, 0.15) is 11.6 Å². The van der Waals surface area contributed by atoms with E-state index in [2.05, 4.69) is 15.3 Å². The fraction of sp³-hybridized carbons (Fsp3) is 0.231. The van der Waals surface area contributed by atoms with Crippen LogP contribution < -0.4 is 15.6 Å². The number of rotatable bonds is 4. The number of ether oxygens (including phenoxy) is 1. The number of benzene rings is 1. The normalized spacial score (nSPS) is 10.3. The highest BCUT2D eigenvalue weighted by Gasteiger charge is 2.08. The van der Waals surface area contributed by atoms with Gasteiger partial charge in [-0.25, -0.2) is 4.98 Å². The lowest BCUT2D eigenvalue weighted by molar-refractivity contribution is 0.416. The van der Waals surface area contributed by atoms with Crippen LogP contribution in [0.1, 0.15) is 5.69 Å². The second kappa shape index (κ2) is 5.46. The molecule has 0 fully saturated rings. The van der Waals surface area contributed by atoms with Gasteiger partial charge in [-0.15, -0.1) is 0 Å². The maximum atomic E-state index is 11.6. The Hall–Kier alpha value is -2.14. The van der Waals surface area contributed by atoms with Gasteiger partial charge in [0.2, 0.25) is 0 Å². The van der Waals surface area contributed by atoms with Crippen molar-refractivity contribution in [2.24, 2.45) is 0 Å². The Balaban J connectivity index is 2.53. The van der Waals surface area contributed by atoms with Crippen LogP contribution in [0.5, 0.6) is 5.75 Å². The van der Waals surface area contributed by atoms with Gasteiger partial charge in [-0.3, -0.25) is 4.79 Å². The molecule has 0 aliphatic heterocycles. The van der Waals surface area contributed by atoms with E-state index in [9.17, 15) is 4.79 Å². The lowest BCUT2D eigenvalue weighted by Crippen LogP contribution is -2.15. The van der Waals surface area contributed by atoms with Crippen molar-refractivity contribution >= 4 is 0 Å². The van der Waals surface area contributed by atoms with Crippen molar-refractivity contribution in [3.05, 3.63) is 46.4 Å². The van der Waals surface area contributed by atoms with Gasteiger partial charge in [0.15, 0.2) is 0 Å². The first-order valence-corrected chi connectivity index (χ1v) is 5.63. The summed E-state index contributed by atoms with van der Waals surface area (Å²) in [6.07, 6.45) is 0. The SMILES string of the molecule is CNCc1cc(=O)[nH]c(-c2ccccc2OC)n1. The molecule has 5 heteroatoms. The van der Waals surface area contributed by atoms with Crippen LogP contribution in [-0.2, 0) is 6.54 Å². The highest BCUT2D eigenvalue weighted by molar-refractivity contribution is 5.63. The van der Waals surface area contributed by atoms with E-state index in [0.717, 1.165) is 5.56 Å². The molecular weight excluding hydrogens is 230 g/mol. The summed E-state index contributed by atoms with van der Waals surface area (Å²) >= 11 is 0. The van der Waals surface area contributed by atoms with Gasteiger partial charge < -0.3 is 15.0 Å². The largest absolute Gasteiger partial charge is 0.496 e. The molecule has 0 spiro atoms. The molecular formula is C13H15N3O2. The molecule has 0 aliphatic rings. The summed E-state index contributed by atoms with van der Waals surface area (Å²) in [5.74, 6) is 1.20. The molecule has 0 aliphatic carbocycles. The van der Waals surface area contributed by atoms with E-state index in [1.54, 1.807) is 7.11 Å². The van der Waals surface area contributed by atoms with Gasteiger partial charge in [0, 0.05) is 12.6 Å². The first kappa shape index (κ1) is 12.3. The number of nitrogens with one attached hydrogen (secondary N) is 2. The highest BCUT2D eigenvalue weighted by atomic mass is 16.5. The van der Waals surface area contributed by atoms with E-state index < -0.39 is 0 Å². The van der Waals surface area contributed by atoms with Crippen LogP contribution in [0.2, 0.25) is 0 Å². The number of methoxy groups -OCH3 is 1. The van der Waals surface area contributed by atoms with Crippen LogP contribution in [0.15, 0.2) is 35.1 Å². The molecule has 0 saturated carbocycles. The number of para-hydroxylation sites is 1. The zero-order valence-corrected chi connectivity index (χ0v) is 10.4. The molecule has 0 unspecified atom stereocenters. The topological polar surface area (TPSA) is 67.0 Å². The lowest BCUT2D eigenvalue weighted by atomic mass is 10.2. The van der Waals surface area contributed by atoms with Gasteiger partial charge >= 0.3 is 0 Å². The molecule has 1 heterocycles. The number of aromatic nitrogens is 2. The van der Waals surface area contributed by atoms with E-state index in [-0.39, 0.29) is 5.56 Å². The predicted octanol–water partition coefficient (Wildman–Crippen LogP) is 1.16. The minimum absolute atomic E-state index is 0.170. The Morgan fingerprint density at radius 1 is 1.39 bits per heavy atom. The molecule has 0 atom stereocenters. The fourth-order valence-electron chi connectivity index (χ4n) is 1.75. The molecule has 0 radical (unpaired) electrons. The van der Waals surface area contributed by atoms with Gasteiger partial charge in [-0.2, -0.15) is 0 Å². The van der Waals surface area contributed by atoms with E-state index >= 15 is 0 Å². The van der Waals surface area contributed by atoms with Crippen molar-refractivity contribution in [1.82, 2.24) is 15.3 Å². The number of H-pyrrole nitrogens is 1. The zero-order valence-electron chi connectivity index (χ0n) is 10.4. The second-order valence-corrected chi connectivity index (χ2v) is 3.82. The maximum absolute atomic E-state index is 11.6. The summed E-state index contributed by atoms with van der Waals surface area (Å²) in [5, 5.41) is 2.97. The van der Waals surface area contributed by atoms with Crippen LogP contribution in [0.4, 0.5) is 0 Å². The molecule has 2 N–H and O–H groups in total. The minimum atomic E-state index is -0.170. The molecule has 2 rings (SSSR count). The van der Waals surface area contributed by atoms with Crippen molar-refractivity contribution in [2.75, 3.05) is 14.2 Å². The van der Waals surface area contributed by atoms with E-state index in [1.165, 1.54) is 6.07 Å². The lowest BCUT2D eigenvalue weighted by Gasteiger charge is -2.08. The maximum Gasteiger partial charge on any atom is 0.251 e. The number of hydrogen-bond acceptors (Lipinski definition) is 4. The average Bonchev–Trinajstić information content (AvgIpc) is 2.38. The van der Waals surface area contributed by atoms with E-state index in [0.29, 0.717) is 23.8 Å². The minimum Gasteiger partial charge on any atom is -0.496 e. The standard InChI is InChI=1S/C13H15N3O2/c1-14-8-9-7-12(17)16-13(15-9)10-5-3-4-6-11(10)18-2/h3-7,14H,8H2,1-2H3,(H,15,16,17). The average molecular weight is 245 g/mol. The molecule has 5 nitrogen and oxygen atoms in total. The van der Waals surface area contributed by atoms with Crippen molar-refractivity contribution in [3.63, 3.8) is 0 Å². The third kappa shape index (κ3) is 2.57. The van der Waals surface area contributed by atoms with Crippen LogP contribution in [0, 0.1) is 0 Å². The van der Waals surface area contributed by atoms with Crippen molar-refractivity contribution in [2.45, 2.75) is 6.54 Å². The van der Waals surface area contributed by atoms with Gasteiger partial charge in [-0.05, 0) is 19.2 Å². The summed E-state index contributed by atoms with van der Waals surface area (Å²) in [5.41, 5.74) is 1.30. The molecule has 0 saturated heterocycles. The molecule has 1 aromatic carbocycles. The quantitative estimate of drug-likeness (QED) is 0.848. The number of hydrogen-bond donors (Lipinski definition) is 2. The third-order valence-electron chi connectivity index (χ3n) is 2.51. The van der Waals surface area contributed by atoms with Crippen molar-refractivity contribution < 1.29 is 4.74 Å². The second-order valence-electron chi connectivity index (χ2n) is 3.82. The van der Waals surface area contributed by atoms with Crippen LogP contribution in [0.25, 0.3) is 11.4 Å². The van der Waals surface area contributed by atoms with E-state index in [1.807, 2.05) is 31.3 Å². The summed E-state index contributed by atoms with van der Waals surface area (Å²) < 4.78 is 5.26. The molecule has 2 aromatic rings. The number of nitrogens with zero attached hydrogens (tertiary/aromatic N) is 1. The monoisotopic (exact) mass is 245 g/mol. The third-order valence-corrected chi connectivity index (χ3v) is 2.51. The fourth-order valence-corrected chi connectivity index (χ4v) is 1.75. The van der Waals surface area contributed by atoms with Crippen LogP contribution in [-0.4, -0.2) is 24.1 Å². The molecule has 18 heavy (non-hydrogen) atoms. The molecule has 0 bridgehead atoms. The van der Waals surface area contributed by atoms with Crippen LogP contribution >= 0.6 is 0 Å². The first-order chi connectivity index (χ1) is 8.74. The predicted molar refractivity (Wildman–Crippen MR) is 69.6 cm³/mol. The zero-order chi connectivity index (χ0) is 13.0. The summed E-state index contributed by atoms with van der Waals surface area (Å²) in [6.45, 7) is 0.548. The molecule has 94 valence electrons. The van der Waals surface area contributed by atoms with Gasteiger partial charge in [0.25, 0.3) is 5.56 Å². The summed E-state index contributed by atoms with van der Waals surface area (Å²) in [7, 11) is 3.40. The van der Waals surface area contributed by atoms with E-state index in [4.69, 9.17) is 4.74 Å². The highest BCUT2D eigenvalue weighted by Crippen LogP contribution is 2.25. The van der Waals surface area contributed by atoms with Gasteiger partial charge in [0.05, 0.1) is 18.4 Å².